The maximum atomic E-state index is 10.8. The van der Waals surface area contributed by atoms with Gasteiger partial charge in [0.1, 0.15) is 17.6 Å². The molecule has 0 aromatic heterocycles. The fourth-order valence-electron chi connectivity index (χ4n) is 4.33. The molecule has 0 bridgehead atoms. The predicted octanol–water partition coefficient (Wildman–Crippen LogP) is 6.47. The molecule has 3 atom stereocenters. The van der Waals surface area contributed by atoms with Crippen molar-refractivity contribution in [2.45, 2.75) is 93.5 Å². The molecule has 1 aliphatic heterocycles. The molecule has 1 fully saturated rings. The number of unbranched alkanes of at least 4 members (excludes halogenated alkanes) is 2. The second-order valence-corrected chi connectivity index (χ2v) is 9.84. The summed E-state index contributed by atoms with van der Waals surface area (Å²) >= 11 is 2.55. The Labute approximate surface area is 160 Å². The zero-order valence-corrected chi connectivity index (χ0v) is 17.4. The maximum absolute atomic E-state index is 10.8. The van der Waals surface area contributed by atoms with Gasteiger partial charge in [-0.3, -0.25) is 0 Å². The maximum Gasteiger partial charge on any atom is 0.127 e. The second-order valence-electron chi connectivity index (χ2n) is 8.24. The standard InChI is InChI=1S/C21H31IO2/c1-4-5-8-11-21(2,3)14-12-17(23)19-15-9-6-7-10-16(22)20(15)24-18(19)13-14/h12-13,15-16,20,23H,4-11H2,1-3H3. The molecule has 3 rings (SSSR count). The van der Waals surface area contributed by atoms with Gasteiger partial charge in [-0.2, -0.15) is 0 Å². The lowest BCUT2D eigenvalue weighted by Crippen LogP contribution is -2.27. The van der Waals surface area contributed by atoms with E-state index in [1.807, 2.05) is 6.07 Å². The van der Waals surface area contributed by atoms with Gasteiger partial charge in [-0.25, -0.2) is 0 Å². The Morgan fingerprint density at radius 1 is 1.21 bits per heavy atom. The highest BCUT2D eigenvalue weighted by Gasteiger charge is 2.42. The molecule has 1 aliphatic carbocycles. The number of hydrogen-bond acceptors (Lipinski definition) is 2. The molecule has 1 saturated carbocycles. The van der Waals surface area contributed by atoms with Crippen LogP contribution in [0, 0.1) is 0 Å². The summed E-state index contributed by atoms with van der Waals surface area (Å²) in [6.07, 6.45) is 10.1. The Morgan fingerprint density at radius 3 is 2.71 bits per heavy atom. The first kappa shape index (κ1) is 18.3. The molecule has 1 aromatic rings. The first-order chi connectivity index (χ1) is 11.4. The van der Waals surface area contributed by atoms with E-state index in [2.05, 4.69) is 49.4 Å². The molecular formula is C21H31IO2. The molecule has 3 heteroatoms. The highest BCUT2D eigenvalue weighted by Crippen LogP contribution is 2.51. The number of phenolic OH excluding ortho intramolecular Hbond substituents is 1. The Hall–Kier alpha value is -0.450. The molecule has 0 radical (unpaired) electrons. The molecule has 1 aromatic carbocycles. The van der Waals surface area contributed by atoms with Crippen LogP contribution < -0.4 is 4.74 Å². The fourth-order valence-corrected chi connectivity index (χ4v) is 5.42. The highest BCUT2D eigenvalue weighted by molar-refractivity contribution is 14.1. The molecule has 134 valence electrons. The van der Waals surface area contributed by atoms with E-state index < -0.39 is 0 Å². The number of fused-ring (bicyclic) bond motifs is 3. The number of alkyl halides is 1. The molecule has 0 spiro atoms. The number of phenols is 1. The lowest BCUT2D eigenvalue weighted by molar-refractivity contribution is 0.207. The van der Waals surface area contributed by atoms with Crippen LogP contribution >= 0.6 is 22.6 Å². The van der Waals surface area contributed by atoms with Crippen LogP contribution in [0.25, 0.3) is 0 Å². The Bertz CT molecular complexity index is 581. The third kappa shape index (κ3) is 3.56. The van der Waals surface area contributed by atoms with Crippen molar-refractivity contribution in [3.63, 3.8) is 0 Å². The Kier molecular flexibility index (Phi) is 5.68. The van der Waals surface area contributed by atoms with Gasteiger partial charge in [0, 0.05) is 15.4 Å². The second kappa shape index (κ2) is 7.43. The van der Waals surface area contributed by atoms with Crippen molar-refractivity contribution in [1.29, 1.82) is 0 Å². The van der Waals surface area contributed by atoms with Crippen LogP contribution in [0.3, 0.4) is 0 Å². The minimum atomic E-state index is 0.0828. The van der Waals surface area contributed by atoms with Gasteiger partial charge in [-0.1, -0.05) is 75.5 Å². The van der Waals surface area contributed by atoms with E-state index in [1.165, 1.54) is 44.1 Å². The zero-order chi connectivity index (χ0) is 17.3. The van der Waals surface area contributed by atoms with Gasteiger partial charge in [0.25, 0.3) is 0 Å². The topological polar surface area (TPSA) is 29.5 Å². The normalized spacial score (nSPS) is 26.4. The number of halogens is 1. The number of hydrogen-bond donors (Lipinski definition) is 1. The van der Waals surface area contributed by atoms with Crippen molar-refractivity contribution in [3.8, 4) is 11.5 Å². The van der Waals surface area contributed by atoms with Crippen molar-refractivity contribution < 1.29 is 9.84 Å². The first-order valence-electron chi connectivity index (χ1n) is 9.62. The summed E-state index contributed by atoms with van der Waals surface area (Å²) in [7, 11) is 0. The van der Waals surface area contributed by atoms with Gasteiger partial charge in [-0.15, -0.1) is 0 Å². The summed E-state index contributed by atoms with van der Waals surface area (Å²) in [5, 5.41) is 10.8. The Morgan fingerprint density at radius 2 is 1.96 bits per heavy atom. The smallest absolute Gasteiger partial charge is 0.127 e. The van der Waals surface area contributed by atoms with E-state index in [0.29, 0.717) is 15.6 Å². The summed E-state index contributed by atoms with van der Waals surface area (Å²) in [4.78, 5) is 0. The quantitative estimate of drug-likeness (QED) is 0.322. The van der Waals surface area contributed by atoms with Crippen molar-refractivity contribution >= 4 is 22.6 Å². The van der Waals surface area contributed by atoms with Crippen LogP contribution in [0.2, 0.25) is 0 Å². The van der Waals surface area contributed by atoms with Gasteiger partial charge < -0.3 is 9.84 Å². The summed E-state index contributed by atoms with van der Waals surface area (Å²) in [5.41, 5.74) is 2.38. The van der Waals surface area contributed by atoms with E-state index in [-0.39, 0.29) is 11.5 Å². The van der Waals surface area contributed by atoms with Crippen molar-refractivity contribution in [2.75, 3.05) is 0 Å². The van der Waals surface area contributed by atoms with E-state index >= 15 is 0 Å². The first-order valence-corrected chi connectivity index (χ1v) is 10.9. The minimum Gasteiger partial charge on any atom is -0.508 e. The predicted molar refractivity (Wildman–Crippen MR) is 109 cm³/mol. The number of benzene rings is 1. The number of rotatable bonds is 5. The molecule has 2 aliphatic rings. The van der Waals surface area contributed by atoms with Gasteiger partial charge in [-0.05, 0) is 42.4 Å². The summed E-state index contributed by atoms with van der Waals surface area (Å²) in [5.74, 6) is 1.79. The molecule has 0 amide bonds. The average molecular weight is 442 g/mol. The van der Waals surface area contributed by atoms with E-state index in [0.717, 1.165) is 24.2 Å². The fraction of sp³-hybridized carbons (Fsp3) is 0.714. The molecule has 2 nitrogen and oxygen atoms in total. The third-order valence-corrected chi connectivity index (χ3v) is 7.27. The van der Waals surface area contributed by atoms with Gasteiger partial charge in [0.15, 0.2) is 0 Å². The SMILES string of the molecule is CCCCCC(C)(C)c1cc(O)c2c(c1)OC1C(I)CCCCC21. The van der Waals surface area contributed by atoms with Crippen molar-refractivity contribution in [3.05, 3.63) is 23.3 Å². The molecular weight excluding hydrogens is 411 g/mol. The van der Waals surface area contributed by atoms with Gasteiger partial charge >= 0.3 is 0 Å². The highest BCUT2D eigenvalue weighted by atomic mass is 127. The van der Waals surface area contributed by atoms with Crippen LogP contribution in [0.4, 0.5) is 0 Å². The van der Waals surface area contributed by atoms with Crippen molar-refractivity contribution in [2.24, 2.45) is 0 Å². The number of aromatic hydroxyl groups is 1. The van der Waals surface area contributed by atoms with Crippen LogP contribution in [0.5, 0.6) is 11.5 Å². The van der Waals surface area contributed by atoms with Crippen molar-refractivity contribution in [1.82, 2.24) is 0 Å². The van der Waals surface area contributed by atoms with Crippen LogP contribution in [0.15, 0.2) is 12.1 Å². The largest absolute Gasteiger partial charge is 0.508 e. The molecule has 24 heavy (non-hydrogen) atoms. The molecule has 1 N–H and O–H groups in total. The van der Waals surface area contributed by atoms with E-state index in [1.54, 1.807) is 0 Å². The summed E-state index contributed by atoms with van der Waals surface area (Å²) in [6.45, 7) is 6.82. The zero-order valence-electron chi connectivity index (χ0n) is 15.3. The Balaban J connectivity index is 1.88. The van der Waals surface area contributed by atoms with E-state index in [9.17, 15) is 5.11 Å². The van der Waals surface area contributed by atoms with Gasteiger partial charge in [0.2, 0.25) is 0 Å². The summed E-state index contributed by atoms with van der Waals surface area (Å²) < 4.78 is 6.92. The third-order valence-electron chi connectivity index (χ3n) is 5.94. The van der Waals surface area contributed by atoms with Crippen LogP contribution in [0.1, 0.15) is 89.2 Å². The number of ether oxygens (including phenoxy) is 1. The average Bonchev–Trinajstić information content (AvgIpc) is 2.81. The minimum absolute atomic E-state index is 0.0828. The summed E-state index contributed by atoms with van der Waals surface area (Å²) in [6, 6.07) is 4.24. The van der Waals surface area contributed by atoms with E-state index in [4.69, 9.17) is 4.74 Å². The van der Waals surface area contributed by atoms with Gasteiger partial charge in [0.05, 0.1) is 0 Å². The lowest BCUT2D eigenvalue weighted by Gasteiger charge is -2.26. The lowest BCUT2D eigenvalue weighted by atomic mass is 9.78. The molecule has 1 heterocycles. The van der Waals surface area contributed by atoms with Crippen LogP contribution in [-0.4, -0.2) is 15.1 Å². The molecule has 3 unspecified atom stereocenters. The van der Waals surface area contributed by atoms with Crippen LogP contribution in [-0.2, 0) is 5.41 Å². The monoisotopic (exact) mass is 442 g/mol. The molecule has 0 saturated heterocycles.